The van der Waals surface area contributed by atoms with E-state index in [-0.39, 0.29) is 0 Å². The lowest BCUT2D eigenvalue weighted by Crippen LogP contribution is -2.22. The van der Waals surface area contributed by atoms with Crippen molar-refractivity contribution in [3.8, 4) is 5.75 Å². The molecular weight excluding hydrogens is 270 g/mol. The van der Waals surface area contributed by atoms with Crippen molar-refractivity contribution in [2.75, 3.05) is 13.1 Å². The van der Waals surface area contributed by atoms with E-state index >= 15 is 0 Å². The van der Waals surface area contributed by atoms with Crippen molar-refractivity contribution < 1.29 is 5.11 Å². The monoisotopic (exact) mass is 289 g/mol. The highest BCUT2D eigenvalue weighted by atomic mass is 35.5. The Balaban J connectivity index is 2.14. The Kier molecular flexibility index (Phi) is 5.45. The van der Waals surface area contributed by atoms with Gasteiger partial charge in [0.05, 0.1) is 0 Å². The zero-order valence-corrected chi connectivity index (χ0v) is 12.4. The summed E-state index contributed by atoms with van der Waals surface area (Å²) >= 11 is 5.95. The van der Waals surface area contributed by atoms with E-state index in [9.17, 15) is 5.11 Å². The van der Waals surface area contributed by atoms with Crippen LogP contribution in [0.15, 0.2) is 48.5 Å². The van der Waals surface area contributed by atoms with E-state index < -0.39 is 0 Å². The van der Waals surface area contributed by atoms with Gasteiger partial charge >= 0.3 is 0 Å². The van der Waals surface area contributed by atoms with Crippen LogP contribution in [0.4, 0.5) is 0 Å². The number of rotatable bonds is 6. The molecule has 0 saturated heterocycles. The van der Waals surface area contributed by atoms with Gasteiger partial charge < -0.3 is 10.4 Å². The molecule has 0 amide bonds. The Morgan fingerprint density at radius 2 is 1.70 bits per heavy atom. The quantitative estimate of drug-likeness (QED) is 0.843. The van der Waals surface area contributed by atoms with Gasteiger partial charge in [-0.05, 0) is 48.4 Å². The minimum Gasteiger partial charge on any atom is -0.508 e. The minimum atomic E-state index is 0.309. The lowest BCUT2D eigenvalue weighted by atomic mass is 9.92. The first-order chi connectivity index (χ1) is 9.69. The van der Waals surface area contributed by atoms with Gasteiger partial charge in [-0.1, -0.05) is 42.8 Å². The number of phenols is 1. The summed E-state index contributed by atoms with van der Waals surface area (Å²) in [6.07, 6.45) is 0.939. The Hall–Kier alpha value is -1.51. The number of benzene rings is 2. The van der Waals surface area contributed by atoms with Crippen molar-refractivity contribution in [3.05, 3.63) is 64.7 Å². The molecule has 0 aliphatic rings. The van der Waals surface area contributed by atoms with Crippen molar-refractivity contribution in [1.29, 1.82) is 0 Å². The fourth-order valence-corrected chi connectivity index (χ4v) is 2.40. The molecule has 0 aromatic heterocycles. The molecule has 20 heavy (non-hydrogen) atoms. The van der Waals surface area contributed by atoms with Gasteiger partial charge in [0, 0.05) is 17.5 Å². The Labute approximate surface area is 125 Å². The standard InChI is InChI=1S/C17H20ClNO/c1-2-19-12-15(14-5-7-16(18)8-6-14)11-13-3-9-17(20)10-4-13/h3-10,15,19-20H,2,11-12H2,1H3. The minimum absolute atomic E-state index is 0.309. The van der Waals surface area contributed by atoms with Gasteiger partial charge in [0.15, 0.2) is 0 Å². The van der Waals surface area contributed by atoms with Crippen LogP contribution in [0.1, 0.15) is 24.0 Å². The van der Waals surface area contributed by atoms with E-state index in [1.807, 2.05) is 24.3 Å². The molecule has 2 aromatic rings. The van der Waals surface area contributed by atoms with Crippen LogP contribution in [0.25, 0.3) is 0 Å². The fourth-order valence-electron chi connectivity index (χ4n) is 2.28. The zero-order valence-electron chi connectivity index (χ0n) is 11.6. The number of aromatic hydroxyl groups is 1. The van der Waals surface area contributed by atoms with Gasteiger partial charge in [0.1, 0.15) is 5.75 Å². The molecule has 2 aromatic carbocycles. The molecule has 0 aliphatic heterocycles. The molecule has 0 heterocycles. The Morgan fingerprint density at radius 3 is 2.30 bits per heavy atom. The molecule has 0 fully saturated rings. The molecule has 0 aliphatic carbocycles. The van der Waals surface area contributed by atoms with E-state index in [0.29, 0.717) is 11.7 Å². The van der Waals surface area contributed by atoms with E-state index in [4.69, 9.17) is 11.6 Å². The topological polar surface area (TPSA) is 32.3 Å². The van der Waals surface area contributed by atoms with Gasteiger partial charge in [0.2, 0.25) is 0 Å². The van der Waals surface area contributed by atoms with Gasteiger partial charge in [-0.15, -0.1) is 0 Å². The van der Waals surface area contributed by atoms with Gasteiger partial charge in [0.25, 0.3) is 0 Å². The molecule has 0 spiro atoms. The fraction of sp³-hybridized carbons (Fsp3) is 0.294. The van der Waals surface area contributed by atoms with Crippen LogP contribution >= 0.6 is 11.6 Å². The number of likely N-dealkylation sites (N-methyl/N-ethyl adjacent to an activating group) is 1. The van der Waals surface area contributed by atoms with Crippen molar-refractivity contribution in [2.45, 2.75) is 19.3 Å². The van der Waals surface area contributed by atoms with Crippen molar-refractivity contribution in [3.63, 3.8) is 0 Å². The van der Waals surface area contributed by atoms with Crippen LogP contribution in [0.5, 0.6) is 5.75 Å². The Bertz CT molecular complexity index is 522. The highest BCUT2D eigenvalue weighted by molar-refractivity contribution is 6.30. The molecule has 106 valence electrons. The van der Waals surface area contributed by atoms with Crippen LogP contribution in [-0.4, -0.2) is 18.2 Å². The molecule has 0 radical (unpaired) electrons. The van der Waals surface area contributed by atoms with Crippen LogP contribution in [-0.2, 0) is 6.42 Å². The maximum atomic E-state index is 9.35. The summed E-state index contributed by atoms with van der Waals surface area (Å²) in [5.74, 6) is 0.709. The lowest BCUT2D eigenvalue weighted by Gasteiger charge is -2.18. The average Bonchev–Trinajstić information content (AvgIpc) is 2.46. The summed E-state index contributed by atoms with van der Waals surface area (Å²) in [7, 11) is 0. The number of phenolic OH excluding ortho intramolecular Hbond substituents is 1. The molecular formula is C17H20ClNO. The maximum Gasteiger partial charge on any atom is 0.115 e. The van der Waals surface area contributed by atoms with Crippen LogP contribution in [0.2, 0.25) is 5.02 Å². The van der Waals surface area contributed by atoms with E-state index in [1.54, 1.807) is 12.1 Å². The smallest absolute Gasteiger partial charge is 0.115 e. The second kappa shape index (κ2) is 7.32. The summed E-state index contributed by atoms with van der Waals surface area (Å²) in [4.78, 5) is 0. The Morgan fingerprint density at radius 1 is 1.05 bits per heavy atom. The van der Waals surface area contributed by atoms with Crippen LogP contribution in [0.3, 0.4) is 0 Å². The molecule has 2 nitrogen and oxygen atoms in total. The predicted octanol–water partition coefficient (Wildman–Crippen LogP) is 3.98. The lowest BCUT2D eigenvalue weighted by molar-refractivity contribution is 0.475. The summed E-state index contributed by atoms with van der Waals surface area (Å²) in [6.45, 7) is 4.00. The predicted molar refractivity (Wildman–Crippen MR) is 84.5 cm³/mol. The zero-order chi connectivity index (χ0) is 14.4. The van der Waals surface area contributed by atoms with Crippen molar-refractivity contribution in [1.82, 2.24) is 5.32 Å². The number of hydrogen-bond donors (Lipinski definition) is 2. The first kappa shape index (κ1) is 14.9. The van der Waals surface area contributed by atoms with Gasteiger partial charge in [-0.3, -0.25) is 0 Å². The molecule has 1 atom stereocenters. The summed E-state index contributed by atoms with van der Waals surface area (Å²) < 4.78 is 0. The van der Waals surface area contributed by atoms with Crippen LogP contribution in [0, 0.1) is 0 Å². The summed E-state index contributed by atoms with van der Waals surface area (Å²) in [5.41, 5.74) is 2.50. The second-order valence-electron chi connectivity index (χ2n) is 4.93. The third kappa shape index (κ3) is 4.26. The van der Waals surface area contributed by atoms with Crippen LogP contribution < -0.4 is 5.32 Å². The van der Waals surface area contributed by atoms with E-state index in [2.05, 4.69) is 24.4 Å². The summed E-state index contributed by atoms with van der Waals surface area (Å²) in [5, 5.41) is 13.5. The van der Waals surface area contributed by atoms with Gasteiger partial charge in [-0.25, -0.2) is 0 Å². The SMILES string of the molecule is CCNCC(Cc1ccc(O)cc1)c1ccc(Cl)cc1. The normalized spacial score (nSPS) is 12.3. The number of hydrogen-bond acceptors (Lipinski definition) is 2. The largest absolute Gasteiger partial charge is 0.508 e. The molecule has 2 rings (SSSR count). The maximum absolute atomic E-state index is 9.35. The molecule has 1 unspecified atom stereocenters. The average molecular weight is 290 g/mol. The summed E-state index contributed by atoms with van der Waals surface area (Å²) in [6, 6.07) is 15.5. The molecule has 0 bridgehead atoms. The van der Waals surface area contributed by atoms with E-state index in [0.717, 1.165) is 24.5 Å². The third-order valence-electron chi connectivity index (χ3n) is 3.40. The first-order valence-corrected chi connectivity index (χ1v) is 7.31. The van der Waals surface area contributed by atoms with Crippen molar-refractivity contribution in [2.24, 2.45) is 0 Å². The molecule has 0 saturated carbocycles. The van der Waals surface area contributed by atoms with E-state index in [1.165, 1.54) is 11.1 Å². The number of nitrogens with one attached hydrogen (secondary N) is 1. The van der Waals surface area contributed by atoms with Crippen molar-refractivity contribution >= 4 is 11.6 Å². The molecule has 3 heteroatoms. The first-order valence-electron chi connectivity index (χ1n) is 6.93. The highest BCUT2D eigenvalue weighted by Gasteiger charge is 2.12. The second-order valence-corrected chi connectivity index (χ2v) is 5.36. The molecule has 2 N–H and O–H groups in total. The highest BCUT2D eigenvalue weighted by Crippen LogP contribution is 2.23. The van der Waals surface area contributed by atoms with Gasteiger partial charge in [-0.2, -0.15) is 0 Å². The number of halogens is 1. The third-order valence-corrected chi connectivity index (χ3v) is 3.65.